The van der Waals surface area contributed by atoms with Gasteiger partial charge in [0.1, 0.15) is 12.4 Å². The highest BCUT2D eigenvalue weighted by atomic mass is 32.1. The van der Waals surface area contributed by atoms with Crippen molar-refractivity contribution in [1.82, 2.24) is 14.6 Å². The third-order valence-electron chi connectivity index (χ3n) is 2.77. The number of carbonyl (C=O) groups excluding carboxylic acids is 1. The number of anilines is 1. The lowest BCUT2D eigenvalue weighted by Crippen LogP contribution is -2.14. The van der Waals surface area contributed by atoms with Gasteiger partial charge in [-0.3, -0.25) is 5.32 Å². The van der Waals surface area contributed by atoms with Crippen LogP contribution in [0.15, 0.2) is 42.3 Å². The van der Waals surface area contributed by atoms with E-state index in [1.807, 2.05) is 5.38 Å². The molecule has 22 heavy (non-hydrogen) atoms. The Hall–Kier alpha value is -2.74. The van der Waals surface area contributed by atoms with Gasteiger partial charge in [-0.25, -0.2) is 13.7 Å². The van der Waals surface area contributed by atoms with E-state index in [9.17, 15) is 9.18 Å². The van der Waals surface area contributed by atoms with E-state index in [4.69, 9.17) is 4.74 Å². The Morgan fingerprint density at radius 1 is 1.45 bits per heavy atom. The van der Waals surface area contributed by atoms with E-state index in [2.05, 4.69) is 22.0 Å². The molecule has 112 valence electrons. The van der Waals surface area contributed by atoms with Crippen molar-refractivity contribution in [2.75, 3.05) is 11.9 Å². The largest absolute Gasteiger partial charge is 0.445 e. The number of hydrogen-bond donors (Lipinski definition) is 1. The molecule has 1 N–H and O–H groups in total. The van der Waals surface area contributed by atoms with Crippen LogP contribution < -0.4 is 5.32 Å². The molecule has 8 heteroatoms. The van der Waals surface area contributed by atoms with Crippen molar-refractivity contribution in [1.29, 1.82) is 0 Å². The molecule has 3 aromatic rings. The number of nitrogens with one attached hydrogen (secondary N) is 1. The van der Waals surface area contributed by atoms with Crippen LogP contribution in [0.3, 0.4) is 0 Å². The molecular weight excluding hydrogens is 307 g/mol. The molecule has 1 amide bonds. The Morgan fingerprint density at radius 3 is 2.95 bits per heavy atom. The van der Waals surface area contributed by atoms with Crippen LogP contribution in [-0.4, -0.2) is 27.3 Å². The molecule has 0 saturated carbocycles. The van der Waals surface area contributed by atoms with Crippen LogP contribution in [0.2, 0.25) is 0 Å². The number of aromatic nitrogens is 3. The topological polar surface area (TPSA) is 68.5 Å². The normalized spacial score (nSPS) is 10.6. The average Bonchev–Trinajstić information content (AvgIpc) is 3.06. The summed E-state index contributed by atoms with van der Waals surface area (Å²) in [6.07, 6.45) is 0.812. The molecule has 1 aromatic carbocycles. The molecule has 2 aromatic heterocycles. The Morgan fingerprint density at radius 2 is 2.23 bits per heavy atom. The van der Waals surface area contributed by atoms with Crippen molar-refractivity contribution in [3.05, 3.63) is 48.1 Å². The van der Waals surface area contributed by atoms with Gasteiger partial charge in [-0.15, -0.1) is 16.4 Å². The van der Waals surface area contributed by atoms with E-state index < -0.39 is 6.09 Å². The second kappa shape index (κ2) is 5.94. The van der Waals surface area contributed by atoms with Gasteiger partial charge in [-0.2, -0.15) is 4.98 Å². The maximum Gasteiger partial charge on any atom is 0.414 e. The van der Waals surface area contributed by atoms with E-state index in [1.165, 1.54) is 29.5 Å². The Labute approximate surface area is 128 Å². The average molecular weight is 318 g/mol. The lowest BCUT2D eigenvalue weighted by Gasteiger charge is -2.00. The number of benzene rings is 1. The number of carbonyl (C=O) groups is 1. The number of fused-ring (bicyclic) bond motifs is 1. The fourth-order valence-electron chi connectivity index (χ4n) is 1.82. The van der Waals surface area contributed by atoms with Crippen LogP contribution in [-0.2, 0) is 4.74 Å². The van der Waals surface area contributed by atoms with Crippen molar-refractivity contribution in [2.24, 2.45) is 0 Å². The number of halogens is 1. The first-order valence-corrected chi connectivity index (χ1v) is 7.20. The molecule has 0 bridgehead atoms. The molecule has 0 aliphatic heterocycles. The Kier molecular flexibility index (Phi) is 3.84. The van der Waals surface area contributed by atoms with Gasteiger partial charge in [-0.05, 0) is 24.3 Å². The second-order valence-electron chi connectivity index (χ2n) is 4.27. The number of nitrogens with zero attached hydrogens (tertiary/aromatic N) is 3. The third-order valence-corrected chi connectivity index (χ3v) is 3.58. The molecule has 3 rings (SSSR count). The quantitative estimate of drug-likeness (QED) is 0.749. The zero-order chi connectivity index (χ0) is 15.5. The first-order valence-electron chi connectivity index (χ1n) is 6.32. The molecule has 0 fully saturated rings. The van der Waals surface area contributed by atoms with Gasteiger partial charge in [0.25, 0.3) is 5.95 Å². The number of thiazole rings is 1. The molecule has 0 atom stereocenters. The fourth-order valence-corrected chi connectivity index (χ4v) is 2.65. The predicted octanol–water partition coefficient (Wildman–Crippen LogP) is 3.33. The van der Waals surface area contributed by atoms with E-state index in [0.29, 0.717) is 4.96 Å². The molecule has 0 aliphatic carbocycles. The lowest BCUT2D eigenvalue weighted by molar-refractivity contribution is 0.174. The molecule has 0 radical (unpaired) electrons. The van der Waals surface area contributed by atoms with Crippen molar-refractivity contribution in [2.45, 2.75) is 0 Å². The van der Waals surface area contributed by atoms with Gasteiger partial charge in [0, 0.05) is 10.9 Å². The highest BCUT2D eigenvalue weighted by molar-refractivity contribution is 7.15. The van der Waals surface area contributed by atoms with Crippen LogP contribution >= 0.6 is 11.3 Å². The van der Waals surface area contributed by atoms with Crippen molar-refractivity contribution < 1.29 is 13.9 Å². The minimum absolute atomic E-state index is 0.106. The summed E-state index contributed by atoms with van der Waals surface area (Å²) in [5.41, 5.74) is 1.57. The number of hydrogen-bond acceptors (Lipinski definition) is 5. The summed E-state index contributed by atoms with van der Waals surface area (Å²) >= 11 is 1.37. The van der Waals surface area contributed by atoms with Gasteiger partial charge in [0.2, 0.25) is 4.96 Å². The maximum absolute atomic E-state index is 13.0. The number of ether oxygens (including phenoxy) is 1. The SMILES string of the molecule is C=CCOC(=O)Nc1nc2scc(-c3ccc(F)cc3)n2n1. The maximum atomic E-state index is 13.0. The monoisotopic (exact) mass is 318 g/mol. The lowest BCUT2D eigenvalue weighted by atomic mass is 10.2. The molecule has 0 spiro atoms. The van der Waals surface area contributed by atoms with Crippen LogP contribution in [0, 0.1) is 5.82 Å². The minimum atomic E-state index is -0.651. The van der Waals surface area contributed by atoms with Gasteiger partial charge >= 0.3 is 6.09 Å². The minimum Gasteiger partial charge on any atom is -0.445 e. The summed E-state index contributed by atoms with van der Waals surface area (Å²) in [5.74, 6) is -0.162. The molecule has 6 nitrogen and oxygen atoms in total. The number of amides is 1. The fraction of sp³-hybridized carbons (Fsp3) is 0.0714. The summed E-state index contributed by atoms with van der Waals surface area (Å²) in [6.45, 7) is 3.56. The van der Waals surface area contributed by atoms with Crippen LogP contribution in [0.4, 0.5) is 15.1 Å². The highest BCUT2D eigenvalue weighted by Crippen LogP contribution is 2.26. The molecule has 0 unspecified atom stereocenters. The highest BCUT2D eigenvalue weighted by Gasteiger charge is 2.13. The van der Waals surface area contributed by atoms with Crippen LogP contribution in [0.1, 0.15) is 0 Å². The van der Waals surface area contributed by atoms with Crippen molar-refractivity contribution >= 4 is 28.3 Å². The Balaban J connectivity index is 1.86. The molecule has 2 heterocycles. The third kappa shape index (κ3) is 2.82. The van der Waals surface area contributed by atoms with Crippen molar-refractivity contribution in [3.8, 4) is 11.3 Å². The molecule has 0 aliphatic rings. The van der Waals surface area contributed by atoms with Gasteiger partial charge in [0.15, 0.2) is 0 Å². The summed E-state index contributed by atoms with van der Waals surface area (Å²) in [5, 5.41) is 8.50. The van der Waals surface area contributed by atoms with E-state index in [-0.39, 0.29) is 18.4 Å². The van der Waals surface area contributed by atoms with Gasteiger partial charge in [0.05, 0.1) is 5.69 Å². The first kappa shape index (κ1) is 14.2. The standard InChI is InChI=1S/C14H11FN4O2S/c1-2-7-21-14(20)17-12-16-13-19(18-12)11(8-22-13)9-3-5-10(15)6-4-9/h2-6,8H,1,7H2,(H,17,18,20). The van der Waals surface area contributed by atoms with E-state index in [1.54, 1.807) is 16.6 Å². The van der Waals surface area contributed by atoms with Crippen molar-refractivity contribution in [3.63, 3.8) is 0 Å². The Bertz CT molecular complexity index is 825. The van der Waals surface area contributed by atoms with E-state index >= 15 is 0 Å². The summed E-state index contributed by atoms with van der Waals surface area (Å²) < 4.78 is 19.4. The van der Waals surface area contributed by atoms with Gasteiger partial charge in [-0.1, -0.05) is 12.7 Å². The molecular formula is C14H11FN4O2S. The van der Waals surface area contributed by atoms with Crippen LogP contribution in [0.5, 0.6) is 0 Å². The van der Waals surface area contributed by atoms with E-state index in [0.717, 1.165) is 11.3 Å². The smallest absolute Gasteiger partial charge is 0.414 e. The zero-order valence-electron chi connectivity index (χ0n) is 11.3. The number of rotatable bonds is 4. The second-order valence-corrected chi connectivity index (χ2v) is 5.11. The summed E-state index contributed by atoms with van der Waals surface area (Å²) in [4.78, 5) is 16.2. The van der Waals surface area contributed by atoms with Crippen LogP contribution in [0.25, 0.3) is 16.2 Å². The molecule has 0 saturated heterocycles. The summed E-state index contributed by atoms with van der Waals surface area (Å²) in [7, 11) is 0. The first-order chi connectivity index (χ1) is 10.7. The summed E-state index contributed by atoms with van der Waals surface area (Å²) in [6, 6.07) is 6.07. The zero-order valence-corrected chi connectivity index (χ0v) is 12.1. The van der Waals surface area contributed by atoms with Gasteiger partial charge < -0.3 is 4.74 Å². The predicted molar refractivity (Wildman–Crippen MR) is 81.4 cm³/mol.